The summed E-state index contributed by atoms with van der Waals surface area (Å²) in [5.41, 5.74) is 1.01. The molecule has 8 nitrogen and oxygen atoms in total. The van der Waals surface area contributed by atoms with E-state index in [9.17, 15) is 31.5 Å². The first kappa shape index (κ1) is 28.2. The number of aromatic carboxylic acids is 1. The second kappa shape index (κ2) is 11.1. The number of aryl methyl sites for hydroxylation is 2. The van der Waals surface area contributed by atoms with Crippen LogP contribution in [-0.4, -0.2) is 36.0 Å². The molecule has 0 saturated carbocycles. The molecule has 0 aliphatic rings. The number of carboxylic acid groups (broad SMARTS) is 1. The van der Waals surface area contributed by atoms with Gasteiger partial charge < -0.3 is 9.84 Å². The van der Waals surface area contributed by atoms with Crippen LogP contribution in [0.5, 0.6) is 11.6 Å². The van der Waals surface area contributed by atoms with Crippen LogP contribution in [0.2, 0.25) is 0 Å². The van der Waals surface area contributed by atoms with E-state index < -0.39 is 27.7 Å². The van der Waals surface area contributed by atoms with Crippen LogP contribution in [0.1, 0.15) is 32.1 Å². The topological polar surface area (TPSA) is 118 Å². The maximum atomic E-state index is 12.7. The lowest BCUT2D eigenvalue weighted by atomic mass is 10.1. The Morgan fingerprint density at radius 1 is 1.08 bits per heavy atom. The largest absolute Gasteiger partial charge is 0.478 e. The van der Waals surface area contributed by atoms with Gasteiger partial charge in [0.1, 0.15) is 10.8 Å². The second-order valence-corrected chi connectivity index (χ2v) is 11.4. The molecule has 2 aromatic carbocycles. The Bertz CT molecular complexity index is 1600. The van der Waals surface area contributed by atoms with E-state index in [1.54, 1.807) is 31.2 Å². The number of hydrogen-bond donors (Lipinski definition) is 2. The Hall–Kier alpha value is -3.81. The van der Waals surface area contributed by atoms with Crippen LogP contribution in [0, 0.1) is 13.8 Å². The number of rotatable bonds is 9. The first-order chi connectivity index (χ1) is 18.3. The highest BCUT2D eigenvalue weighted by Crippen LogP contribution is 2.32. The van der Waals surface area contributed by atoms with Gasteiger partial charge in [-0.2, -0.15) is 13.2 Å². The molecule has 0 saturated heterocycles. The van der Waals surface area contributed by atoms with Crippen LogP contribution in [0.25, 0.3) is 10.6 Å². The molecule has 4 aromatic rings. The van der Waals surface area contributed by atoms with Crippen molar-refractivity contribution in [3.63, 3.8) is 0 Å². The fraction of sp³-hybridized carbons (Fsp3) is 0.192. The molecular formula is C26H22F3N3O5S2. The second-order valence-electron chi connectivity index (χ2n) is 8.46. The fourth-order valence-corrected chi connectivity index (χ4v) is 5.59. The highest BCUT2D eigenvalue weighted by molar-refractivity contribution is 7.89. The fourth-order valence-electron chi connectivity index (χ4n) is 3.56. The van der Waals surface area contributed by atoms with Crippen LogP contribution in [0.3, 0.4) is 0 Å². The Balaban J connectivity index is 1.38. The number of nitrogens with one attached hydrogen (secondary N) is 1. The lowest BCUT2D eigenvalue weighted by Crippen LogP contribution is -2.26. The third-order valence-electron chi connectivity index (χ3n) is 5.68. The van der Waals surface area contributed by atoms with Gasteiger partial charge in [-0.3, -0.25) is 0 Å². The first-order valence-electron chi connectivity index (χ1n) is 11.4. The van der Waals surface area contributed by atoms with Gasteiger partial charge in [-0.15, -0.1) is 11.3 Å². The van der Waals surface area contributed by atoms with Crippen LogP contribution in [-0.2, 0) is 22.6 Å². The number of halogens is 3. The number of sulfonamides is 1. The summed E-state index contributed by atoms with van der Waals surface area (Å²) in [5.74, 6) is -0.794. The normalized spacial score (nSPS) is 11.9. The van der Waals surface area contributed by atoms with Crippen molar-refractivity contribution in [3.05, 3.63) is 88.1 Å². The number of ether oxygens (including phenoxy) is 1. The molecule has 2 N–H and O–H groups in total. The van der Waals surface area contributed by atoms with E-state index >= 15 is 0 Å². The number of pyridine rings is 1. The zero-order chi connectivity index (χ0) is 28.4. The minimum atomic E-state index is -4.48. The van der Waals surface area contributed by atoms with Crippen LogP contribution < -0.4 is 9.46 Å². The molecular weight excluding hydrogens is 555 g/mol. The zero-order valence-electron chi connectivity index (χ0n) is 20.6. The lowest BCUT2D eigenvalue weighted by Gasteiger charge is -2.08. The molecule has 204 valence electrons. The van der Waals surface area contributed by atoms with Gasteiger partial charge in [-0.25, -0.2) is 27.9 Å². The highest BCUT2D eigenvalue weighted by Gasteiger charge is 2.30. The minimum absolute atomic E-state index is 0.0235. The van der Waals surface area contributed by atoms with Crippen LogP contribution in [0.4, 0.5) is 13.2 Å². The monoisotopic (exact) mass is 577 g/mol. The van der Waals surface area contributed by atoms with Gasteiger partial charge in [0.05, 0.1) is 21.7 Å². The van der Waals surface area contributed by atoms with Crippen molar-refractivity contribution in [2.45, 2.75) is 31.3 Å². The summed E-state index contributed by atoms with van der Waals surface area (Å²) in [6.45, 7) is 3.53. The molecule has 2 heterocycles. The smallest absolute Gasteiger partial charge is 0.417 e. The van der Waals surface area contributed by atoms with E-state index in [1.165, 1.54) is 23.5 Å². The lowest BCUT2D eigenvalue weighted by molar-refractivity contribution is -0.137. The standard InChI is InChI=1S/C26H22F3N3O5S2/c1-15-3-9-20(13-21(15)25(33)34)39(35,36)31-12-11-22-16(2)38-24(32-22)17-4-7-19(8-5-17)37-23-10-6-18(14-30-23)26(27,28)29/h3-10,13-14,31H,11-12H2,1-2H3,(H,33,34). The number of carbonyl (C=O) groups is 1. The van der Waals surface area contributed by atoms with E-state index in [-0.39, 0.29) is 22.9 Å². The van der Waals surface area contributed by atoms with Crippen molar-refractivity contribution in [1.82, 2.24) is 14.7 Å². The van der Waals surface area contributed by atoms with E-state index in [4.69, 9.17) is 4.74 Å². The molecule has 0 amide bonds. The molecule has 0 aliphatic heterocycles. The number of carboxylic acids is 1. The quantitative estimate of drug-likeness (QED) is 0.256. The number of benzene rings is 2. The van der Waals surface area contributed by atoms with E-state index in [2.05, 4.69) is 14.7 Å². The van der Waals surface area contributed by atoms with Gasteiger partial charge in [0.25, 0.3) is 0 Å². The van der Waals surface area contributed by atoms with Crippen molar-refractivity contribution in [2.24, 2.45) is 0 Å². The summed E-state index contributed by atoms with van der Waals surface area (Å²) in [4.78, 5) is 20.4. The first-order valence-corrected chi connectivity index (χ1v) is 13.7. The summed E-state index contributed by atoms with van der Waals surface area (Å²) in [7, 11) is -3.91. The number of aromatic nitrogens is 2. The average molecular weight is 578 g/mol. The molecule has 0 unspecified atom stereocenters. The molecule has 0 spiro atoms. The number of alkyl halides is 3. The molecule has 0 radical (unpaired) electrons. The minimum Gasteiger partial charge on any atom is -0.478 e. The van der Waals surface area contributed by atoms with Gasteiger partial charge in [0, 0.05) is 35.7 Å². The summed E-state index contributed by atoms with van der Waals surface area (Å²) in [5, 5.41) is 9.96. The summed E-state index contributed by atoms with van der Waals surface area (Å²) in [6.07, 6.45) is -3.45. The third kappa shape index (κ3) is 6.80. The van der Waals surface area contributed by atoms with Gasteiger partial charge >= 0.3 is 12.1 Å². The average Bonchev–Trinajstić information content (AvgIpc) is 3.24. The maximum absolute atomic E-state index is 12.7. The highest BCUT2D eigenvalue weighted by atomic mass is 32.2. The van der Waals surface area contributed by atoms with Crippen molar-refractivity contribution in [3.8, 4) is 22.2 Å². The SMILES string of the molecule is Cc1ccc(S(=O)(=O)NCCc2nc(-c3ccc(Oc4ccc(C(F)(F)F)cn4)cc3)sc2C)cc1C(=O)O. The van der Waals surface area contributed by atoms with Crippen molar-refractivity contribution in [1.29, 1.82) is 0 Å². The zero-order valence-corrected chi connectivity index (χ0v) is 22.2. The molecule has 0 atom stereocenters. The molecule has 39 heavy (non-hydrogen) atoms. The maximum Gasteiger partial charge on any atom is 0.417 e. The van der Waals surface area contributed by atoms with E-state index in [0.717, 1.165) is 28.6 Å². The number of thiazole rings is 1. The van der Waals surface area contributed by atoms with Gasteiger partial charge in [-0.05, 0) is 61.9 Å². The summed E-state index contributed by atoms with van der Waals surface area (Å²) >= 11 is 1.43. The van der Waals surface area contributed by atoms with Crippen LogP contribution in [0.15, 0.2) is 65.7 Å². The molecule has 0 aliphatic carbocycles. The number of nitrogens with zero attached hydrogens (tertiary/aromatic N) is 2. The molecule has 0 bridgehead atoms. The van der Waals surface area contributed by atoms with E-state index in [0.29, 0.717) is 34.6 Å². The third-order valence-corrected chi connectivity index (χ3v) is 8.20. The number of hydrogen-bond acceptors (Lipinski definition) is 7. The predicted octanol–water partition coefficient (Wildman–Crippen LogP) is 5.85. The Morgan fingerprint density at radius 2 is 1.79 bits per heavy atom. The molecule has 13 heteroatoms. The Morgan fingerprint density at radius 3 is 2.41 bits per heavy atom. The van der Waals surface area contributed by atoms with Crippen molar-refractivity contribution >= 4 is 27.3 Å². The molecule has 2 aromatic heterocycles. The molecule has 4 rings (SSSR count). The van der Waals surface area contributed by atoms with Gasteiger partial charge in [0.15, 0.2) is 0 Å². The Labute approximate surface area is 226 Å². The van der Waals surface area contributed by atoms with Gasteiger partial charge in [-0.1, -0.05) is 6.07 Å². The Kier molecular flexibility index (Phi) is 8.04. The van der Waals surface area contributed by atoms with E-state index in [1.807, 2.05) is 6.92 Å². The molecule has 0 fully saturated rings. The summed E-state index contributed by atoms with van der Waals surface area (Å²) < 4.78 is 71.4. The summed E-state index contributed by atoms with van der Waals surface area (Å²) in [6, 6.07) is 12.8. The van der Waals surface area contributed by atoms with Crippen LogP contribution >= 0.6 is 11.3 Å². The van der Waals surface area contributed by atoms with Crippen molar-refractivity contribution < 1.29 is 36.2 Å². The predicted molar refractivity (Wildman–Crippen MR) is 139 cm³/mol. The van der Waals surface area contributed by atoms with Gasteiger partial charge in [0.2, 0.25) is 15.9 Å². The van der Waals surface area contributed by atoms with Crippen molar-refractivity contribution in [2.75, 3.05) is 6.54 Å².